The van der Waals surface area contributed by atoms with Crippen molar-refractivity contribution in [3.05, 3.63) is 84.8 Å². The Hall–Kier alpha value is -5.17. The molecule has 4 heterocycles. The van der Waals surface area contributed by atoms with Crippen LogP contribution in [-0.4, -0.2) is 55.1 Å². The van der Waals surface area contributed by atoms with Crippen LogP contribution >= 0.6 is 0 Å². The van der Waals surface area contributed by atoms with E-state index >= 15 is 0 Å². The highest BCUT2D eigenvalue weighted by Crippen LogP contribution is 2.33. The van der Waals surface area contributed by atoms with E-state index in [0.717, 1.165) is 4.09 Å². The van der Waals surface area contributed by atoms with Gasteiger partial charge in [0, 0.05) is 29.7 Å². The average Bonchev–Trinajstić information content (AvgIpc) is 3.57. The van der Waals surface area contributed by atoms with Crippen molar-refractivity contribution in [2.45, 2.75) is 4.90 Å². The Labute approximate surface area is 215 Å². The smallest absolute Gasteiger partial charge is 0.284 e. The highest BCUT2D eigenvalue weighted by molar-refractivity contribution is 7.90. The van der Waals surface area contributed by atoms with Crippen LogP contribution in [0.15, 0.2) is 84.1 Å². The van der Waals surface area contributed by atoms with E-state index in [1.165, 1.54) is 24.3 Å². The normalized spacial score (nSPS) is 11.7. The van der Waals surface area contributed by atoms with Gasteiger partial charge >= 0.3 is 0 Å². The molecule has 0 radical (unpaired) electrons. The predicted octanol–water partition coefficient (Wildman–Crippen LogP) is 2.85. The lowest BCUT2D eigenvalue weighted by Crippen LogP contribution is -2.15. The van der Waals surface area contributed by atoms with Gasteiger partial charge in [0.25, 0.3) is 10.0 Å². The summed E-state index contributed by atoms with van der Waals surface area (Å²) in [7, 11) is -4.00. The summed E-state index contributed by atoms with van der Waals surface area (Å²) < 4.78 is 32.9. The van der Waals surface area contributed by atoms with Gasteiger partial charge in [0.05, 0.1) is 16.0 Å². The summed E-state index contributed by atoms with van der Waals surface area (Å²) in [6.07, 6.45) is 4.84. The Morgan fingerprint density at radius 3 is 2.61 bits per heavy atom. The number of pyridine rings is 1. The number of nitrogens with zero attached hydrogens (tertiary/aromatic N) is 6. The zero-order chi connectivity index (χ0) is 26.3. The number of aromatic amines is 1. The second-order valence-corrected chi connectivity index (χ2v) is 9.96. The molecular weight excluding hydrogens is 508 g/mol. The minimum absolute atomic E-state index is 0.0254. The number of ketones is 1. The van der Waals surface area contributed by atoms with Gasteiger partial charge in [-0.15, -0.1) is 9.19 Å². The number of nitrogens with two attached hydrogens (primary N) is 1. The minimum atomic E-state index is -4.00. The number of hydrogen-bond donors (Lipinski definition) is 2. The Morgan fingerprint density at radius 1 is 1.00 bits per heavy atom. The van der Waals surface area contributed by atoms with Crippen LogP contribution in [0.4, 0.5) is 5.95 Å². The lowest BCUT2D eigenvalue weighted by molar-refractivity contribution is 0.0922. The number of Topliss-reactive ketones (excluding diaryl/α,β-unsaturated/α-hetero) is 1. The first-order valence-electron chi connectivity index (χ1n) is 11.3. The molecule has 0 saturated carbocycles. The fourth-order valence-corrected chi connectivity index (χ4v) is 5.26. The number of rotatable bonds is 7. The topological polar surface area (TPSA) is 172 Å². The second-order valence-electron chi connectivity index (χ2n) is 8.20. The summed E-state index contributed by atoms with van der Waals surface area (Å²) in [5.74, 6) is 0.211. The summed E-state index contributed by atoms with van der Waals surface area (Å²) in [6, 6.07) is 15.7. The molecule has 4 aromatic heterocycles. The Morgan fingerprint density at radius 2 is 1.79 bits per heavy atom. The zero-order valence-corrected chi connectivity index (χ0v) is 20.3. The van der Waals surface area contributed by atoms with Gasteiger partial charge in [0.2, 0.25) is 5.95 Å². The van der Waals surface area contributed by atoms with E-state index in [9.17, 15) is 13.2 Å². The van der Waals surface area contributed by atoms with Crippen LogP contribution in [0.3, 0.4) is 0 Å². The lowest BCUT2D eigenvalue weighted by atomic mass is 10.1. The molecule has 0 atom stereocenters. The molecule has 188 valence electrons. The summed E-state index contributed by atoms with van der Waals surface area (Å²) in [5, 5.41) is 8.33. The number of nitrogen functional groups attached to an aromatic ring is 1. The molecule has 6 aromatic rings. The van der Waals surface area contributed by atoms with Gasteiger partial charge in [-0.1, -0.05) is 17.3 Å². The molecule has 3 N–H and O–H groups in total. The number of nitrogens with one attached hydrogen (secondary N) is 1. The van der Waals surface area contributed by atoms with Crippen molar-refractivity contribution >= 4 is 43.8 Å². The SMILES string of the molecule is Nc1nccc(-c2c[nH]c3nccc(OCC(=O)c4ccc(S(=O)(=O)n5nnc6ccccc65)cc4)c23)n1. The molecule has 0 fully saturated rings. The van der Waals surface area contributed by atoms with Crippen molar-refractivity contribution in [2.24, 2.45) is 0 Å². The molecular formula is C25H18N8O4S. The van der Waals surface area contributed by atoms with Crippen LogP contribution in [0, 0.1) is 0 Å². The fraction of sp³-hybridized carbons (Fsp3) is 0.0400. The van der Waals surface area contributed by atoms with Gasteiger partial charge < -0.3 is 15.5 Å². The number of fused-ring (bicyclic) bond motifs is 2. The third-order valence-corrected chi connectivity index (χ3v) is 7.46. The second kappa shape index (κ2) is 9.05. The first-order valence-corrected chi connectivity index (χ1v) is 12.7. The maximum absolute atomic E-state index is 13.1. The van der Waals surface area contributed by atoms with Crippen LogP contribution in [0.1, 0.15) is 10.4 Å². The molecule has 2 aromatic carbocycles. The highest BCUT2D eigenvalue weighted by Gasteiger charge is 2.22. The highest BCUT2D eigenvalue weighted by atomic mass is 32.2. The van der Waals surface area contributed by atoms with Crippen LogP contribution < -0.4 is 10.5 Å². The average molecular weight is 527 g/mol. The first-order chi connectivity index (χ1) is 18.4. The Bertz CT molecular complexity index is 1930. The largest absolute Gasteiger partial charge is 0.485 e. The Balaban J connectivity index is 1.23. The predicted molar refractivity (Wildman–Crippen MR) is 138 cm³/mol. The molecule has 12 nitrogen and oxygen atoms in total. The van der Waals surface area contributed by atoms with E-state index in [0.29, 0.717) is 39.1 Å². The quantitative estimate of drug-likeness (QED) is 0.295. The van der Waals surface area contributed by atoms with E-state index in [-0.39, 0.29) is 28.8 Å². The van der Waals surface area contributed by atoms with E-state index < -0.39 is 10.0 Å². The van der Waals surface area contributed by atoms with Crippen molar-refractivity contribution in [3.8, 4) is 17.0 Å². The maximum Gasteiger partial charge on any atom is 0.284 e. The van der Waals surface area contributed by atoms with Crippen LogP contribution in [0.5, 0.6) is 5.75 Å². The first kappa shape index (κ1) is 23.2. The van der Waals surface area contributed by atoms with Gasteiger partial charge in [0.15, 0.2) is 12.4 Å². The van der Waals surface area contributed by atoms with Crippen molar-refractivity contribution in [1.29, 1.82) is 0 Å². The van der Waals surface area contributed by atoms with Crippen molar-refractivity contribution in [3.63, 3.8) is 0 Å². The molecule has 0 saturated heterocycles. The van der Waals surface area contributed by atoms with E-state index in [1.54, 1.807) is 55.0 Å². The van der Waals surface area contributed by atoms with Gasteiger partial charge in [-0.25, -0.2) is 15.0 Å². The van der Waals surface area contributed by atoms with Gasteiger partial charge in [-0.3, -0.25) is 4.79 Å². The summed E-state index contributed by atoms with van der Waals surface area (Å²) in [5.41, 5.74) is 8.66. The number of carbonyl (C=O) groups excluding carboxylic acids is 1. The number of para-hydroxylation sites is 1. The molecule has 13 heteroatoms. The Kier molecular flexibility index (Phi) is 5.53. The minimum Gasteiger partial charge on any atom is -0.485 e. The summed E-state index contributed by atoms with van der Waals surface area (Å²) in [4.78, 5) is 28.4. The number of benzene rings is 2. The molecule has 0 spiro atoms. The molecule has 0 aliphatic heterocycles. The molecule has 6 rings (SSSR count). The van der Waals surface area contributed by atoms with Crippen LogP contribution in [-0.2, 0) is 10.0 Å². The third-order valence-electron chi connectivity index (χ3n) is 5.87. The van der Waals surface area contributed by atoms with Crippen LogP contribution in [0.25, 0.3) is 33.3 Å². The number of ether oxygens (including phenoxy) is 1. The van der Waals surface area contributed by atoms with Crippen LogP contribution in [0.2, 0.25) is 0 Å². The monoisotopic (exact) mass is 526 g/mol. The van der Waals surface area contributed by atoms with E-state index in [1.807, 2.05) is 0 Å². The van der Waals surface area contributed by atoms with E-state index in [2.05, 4.69) is 30.2 Å². The van der Waals surface area contributed by atoms with Crippen molar-refractivity contribution < 1.29 is 17.9 Å². The number of anilines is 1. The number of aromatic nitrogens is 7. The molecule has 0 aliphatic rings. The molecule has 38 heavy (non-hydrogen) atoms. The maximum atomic E-state index is 13.1. The molecule has 0 bridgehead atoms. The summed E-state index contributed by atoms with van der Waals surface area (Å²) >= 11 is 0. The lowest BCUT2D eigenvalue weighted by Gasteiger charge is -2.09. The standard InChI is InChI=1S/C25H18N8O4S/c26-25-28-11-9-18(30-25)17-13-29-24-23(17)22(10-12-27-24)37-14-21(34)15-5-7-16(8-6-15)38(35,36)33-20-4-2-1-3-19(20)31-32-33/h1-13H,14H2,(H,27,29)(H2,26,28,30). The summed E-state index contributed by atoms with van der Waals surface area (Å²) in [6.45, 7) is -0.282. The molecule has 0 unspecified atom stereocenters. The van der Waals surface area contributed by atoms with Gasteiger partial charge in [0.1, 0.15) is 22.4 Å². The number of carbonyl (C=O) groups is 1. The third kappa shape index (κ3) is 4.00. The zero-order valence-electron chi connectivity index (χ0n) is 19.5. The number of hydrogen-bond acceptors (Lipinski definition) is 10. The van der Waals surface area contributed by atoms with Gasteiger partial charge in [-0.05, 0) is 48.5 Å². The molecule has 0 aliphatic carbocycles. The fourth-order valence-electron chi connectivity index (χ4n) is 4.04. The number of H-pyrrole nitrogens is 1. The van der Waals surface area contributed by atoms with Gasteiger partial charge in [-0.2, -0.15) is 8.42 Å². The van der Waals surface area contributed by atoms with E-state index in [4.69, 9.17) is 10.5 Å². The van der Waals surface area contributed by atoms with Crippen molar-refractivity contribution in [1.82, 2.24) is 34.3 Å². The molecule has 0 amide bonds. The van der Waals surface area contributed by atoms with Crippen molar-refractivity contribution in [2.75, 3.05) is 12.3 Å².